The van der Waals surface area contributed by atoms with Crippen molar-refractivity contribution in [1.82, 2.24) is 0 Å². The summed E-state index contributed by atoms with van der Waals surface area (Å²) in [5.74, 6) is 3.41. The molecule has 5 rings (SSSR count). The van der Waals surface area contributed by atoms with E-state index in [1.807, 2.05) is 48.5 Å². The number of rotatable bonds is 8. The van der Waals surface area contributed by atoms with Crippen LogP contribution in [0.15, 0.2) is 97.1 Å². The monoisotopic (exact) mass is 496 g/mol. The Bertz CT molecular complexity index is 1180. The summed E-state index contributed by atoms with van der Waals surface area (Å²) in [4.78, 5) is 0. The van der Waals surface area contributed by atoms with E-state index in [9.17, 15) is 0 Å². The van der Waals surface area contributed by atoms with Gasteiger partial charge in [-0.1, -0.05) is 48.5 Å². The minimum Gasteiger partial charge on any atom is -0.497 e. The highest BCUT2D eigenvalue weighted by atomic mass is 16.5. The maximum atomic E-state index is 6.98. The Labute approximate surface area is 218 Å². The van der Waals surface area contributed by atoms with Crippen LogP contribution in [-0.4, -0.2) is 28.4 Å². The molecule has 1 aliphatic rings. The van der Waals surface area contributed by atoms with E-state index < -0.39 is 0 Å². The zero-order valence-corrected chi connectivity index (χ0v) is 21.6. The molecule has 0 N–H and O–H groups in total. The maximum absolute atomic E-state index is 6.98. The lowest BCUT2D eigenvalue weighted by Gasteiger charge is -2.26. The third-order valence-electron chi connectivity index (χ3n) is 7.22. The Morgan fingerprint density at radius 3 is 0.865 bits per heavy atom. The minimum absolute atomic E-state index is 0.0554. The zero-order chi connectivity index (χ0) is 25.8. The lowest BCUT2D eigenvalue weighted by molar-refractivity contribution is 0.0367. The smallest absolute Gasteiger partial charge is 0.118 e. The van der Waals surface area contributed by atoms with Gasteiger partial charge in [-0.05, 0) is 70.8 Å². The van der Waals surface area contributed by atoms with E-state index in [1.165, 1.54) is 11.1 Å². The second-order valence-electron chi connectivity index (χ2n) is 9.12. The van der Waals surface area contributed by atoms with Gasteiger partial charge in [0.05, 0.1) is 40.6 Å². The van der Waals surface area contributed by atoms with Crippen molar-refractivity contribution < 1.29 is 23.7 Å². The first-order valence-electron chi connectivity index (χ1n) is 12.4. The van der Waals surface area contributed by atoms with Crippen molar-refractivity contribution in [2.24, 2.45) is 0 Å². The molecule has 0 amide bonds. The van der Waals surface area contributed by atoms with Crippen molar-refractivity contribution in [3.8, 4) is 23.0 Å². The Morgan fingerprint density at radius 1 is 0.378 bits per heavy atom. The molecule has 1 aliphatic heterocycles. The third-order valence-corrected chi connectivity index (χ3v) is 7.22. The summed E-state index contributed by atoms with van der Waals surface area (Å²) in [6.07, 6.45) is -0.336. The Hall–Kier alpha value is -3.96. The van der Waals surface area contributed by atoms with E-state index in [4.69, 9.17) is 23.7 Å². The van der Waals surface area contributed by atoms with E-state index in [1.54, 1.807) is 28.4 Å². The highest BCUT2D eigenvalue weighted by Crippen LogP contribution is 2.59. The Morgan fingerprint density at radius 2 is 0.622 bits per heavy atom. The molecule has 0 aromatic heterocycles. The molecule has 4 aromatic rings. The molecule has 0 unspecified atom stereocenters. The summed E-state index contributed by atoms with van der Waals surface area (Å²) >= 11 is 0. The molecule has 1 heterocycles. The summed E-state index contributed by atoms with van der Waals surface area (Å²) in [6, 6.07) is 33.0. The Balaban J connectivity index is 1.65. The van der Waals surface area contributed by atoms with Crippen LogP contribution in [0.3, 0.4) is 0 Å². The fourth-order valence-corrected chi connectivity index (χ4v) is 5.28. The van der Waals surface area contributed by atoms with Crippen molar-refractivity contribution in [1.29, 1.82) is 0 Å². The molecule has 5 nitrogen and oxygen atoms in total. The van der Waals surface area contributed by atoms with Gasteiger partial charge in [-0.2, -0.15) is 0 Å². The molecule has 0 bridgehead atoms. The first-order valence-corrected chi connectivity index (χ1v) is 12.4. The van der Waals surface area contributed by atoms with Gasteiger partial charge in [-0.25, -0.2) is 0 Å². The molecule has 1 saturated heterocycles. The standard InChI is InChI=1S/C32H32O5/c1-33-25-13-5-21(6-14-25)29-30(22-7-15-26(34-2)16-8-22)32(24-11-19-28(36-4)20-12-24)37-31(29)23-9-17-27(35-3)18-10-23/h5-20,29-32H,1-4H3/t29-,30-,31+,32+/m0/s1. The molecule has 0 aliphatic carbocycles. The summed E-state index contributed by atoms with van der Waals surface area (Å²) in [6.45, 7) is 0. The molecule has 4 aromatic carbocycles. The SMILES string of the molecule is COc1ccc([C@H]2[C@H](c3ccc(OC)cc3)[C@@H](c3ccc(OC)cc3)O[C@@H]2c2ccc(OC)cc2)cc1. The molecule has 1 fully saturated rings. The number of benzene rings is 4. The van der Waals surface area contributed by atoms with Gasteiger partial charge in [0.15, 0.2) is 0 Å². The van der Waals surface area contributed by atoms with Crippen LogP contribution in [0, 0.1) is 0 Å². The number of methoxy groups -OCH3 is 4. The van der Waals surface area contributed by atoms with Crippen molar-refractivity contribution in [2.45, 2.75) is 24.0 Å². The van der Waals surface area contributed by atoms with Gasteiger partial charge < -0.3 is 23.7 Å². The highest BCUT2D eigenvalue weighted by Gasteiger charge is 2.47. The normalized spacial score (nSPS) is 20.9. The highest BCUT2D eigenvalue weighted by molar-refractivity contribution is 5.43. The predicted molar refractivity (Wildman–Crippen MR) is 144 cm³/mol. The van der Waals surface area contributed by atoms with Crippen LogP contribution in [-0.2, 0) is 4.74 Å². The minimum atomic E-state index is -0.168. The van der Waals surface area contributed by atoms with Crippen molar-refractivity contribution in [2.75, 3.05) is 28.4 Å². The van der Waals surface area contributed by atoms with Crippen LogP contribution >= 0.6 is 0 Å². The lowest BCUT2D eigenvalue weighted by Crippen LogP contribution is -2.14. The molecule has 0 spiro atoms. The average molecular weight is 497 g/mol. The number of hydrogen-bond acceptors (Lipinski definition) is 5. The molecule has 4 atom stereocenters. The molecule has 0 radical (unpaired) electrons. The van der Waals surface area contributed by atoms with Gasteiger partial charge in [0.25, 0.3) is 0 Å². The number of ether oxygens (including phenoxy) is 5. The third kappa shape index (κ3) is 5.00. The van der Waals surface area contributed by atoms with Gasteiger partial charge in [-0.3, -0.25) is 0 Å². The molecular weight excluding hydrogens is 464 g/mol. The maximum Gasteiger partial charge on any atom is 0.118 e. The molecule has 0 saturated carbocycles. The summed E-state index contributed by atoms with van der Waals surface area (Å²) in [5.41, 5.74) is 4.60. The molecule has 190 valence electrons. The van der Waals surface area contributed by atoms with Crippen LogP contribution in [0.1, 0.15) is 46.3 Å². The van der Waals surface area contributed by atoms with Crippen LogP contribution in [0.4, 0.5) is 0 Å². The van der Waals surface area contributed by atoms with Crippen LogP contribution in [0.25, 0.3) is 0 Å². The number of hydrogen-bond donors (Lipinski definition) is 0. The predicted octanol–water partition coefficient (Wildman–Crippen LogP) is 7.10. The second kappa shape index (κ2) is 11.0. The first-order chi connectivity index (χ1) is 18.1. The van der Waals surface area contributed by atoms with Crippen LogP contribution < -0.4 is 18.9 Å². The van der Waals surface area contributed by atoms with Crippen LogP contribution in [0.5, 0.6) is 23.0 Å². The van der Waals surface area contributed by atoms with Gasteiger partial charge in [-0.15, -0.1) is 0 Å². The summed E-state index contributed by atoms with van der Waals surface area (Å²) in [5, 5.41) is 0. The fourth-order valence-electron chi connectivity index (χ4n) is 5.28. The van der Waals surface area contributed by atoms with Gasteiger partial charge >= 0.3 is 0 Å². The van der Waals surface area contributed by atoms with Gasteiger partial charge in [0.2, 0.25) is 0 Å². The van der Waals surface area contributed by atoms with Gasteiger partial charge in [0.1, 0.15) is 23.0 Å². The van der Waals surface area contributed by atoms with E-state index in [-0.39, 0.29) is 24.0 Å². The molecule has 37 heavy (non-hydrogen) atoms. The Kier molecular flexibility index (Phi) is 7.33. The van der Waals surface area contributed by atoms with Crippen LogP contribution in [0.2, 0.25) is 0 Å². The second-order valence-corrected chi connectivity index (χ2v) is 9.12. The lowest BCUT2D eigenvalue weighted by atomic mass is 9.75. The topological polar surface area (TPSA) is 46.2 Å². The quantitative estimate of drug-likeness (QED) is 0.260. The zero-order valence-electron chi connectivity index (χ0n) is 21.6. The molecule has 5 heteroatoms. The van der Waals surface area contributed by atoms with E-state index in [2.05, 4.69) is 48.5 Å². The van der Waals surface area contributed by atoms with E-state index >= 15 is 0 Å². The van der Waals surface area contributed by atoms with E-state index in [0.717, 1.165) is 34.1 Å². The average Bonchev–Trinajstić information content (AvgIpc) is 3.38. The molecular formula is C32H32O5. The first kappa shape index (κ1) is 24.7. The fraction of sp³-hybridized carbons (Fsp3) is 0.250. The van der Waals surface area contributed by atoms with Gasteiger partial charge in [0, 0.05) is 11.8 Å². The summed E-state index contributed by atoms with van der Waals surface area (Å²) in [7, 11) is 6.74. The van der Waals surface area contributed by atoms with Crippen molar-refractivity contribution in [3.63, 3.8) is 0 Å². The van der Waals surface area contributed by atoms with Crippen molar-refractivity contribution in [3.05, 3.63) is 119 Å². The largest absolute Gasteiger partial charge is 0.497 e. The van der Waals surface area contributed by atoms with Crippen molar-refractivity contribution >= 4 is 0 Å². The summed E-state index contributed by atoms with van der Waals surface area (Å²) < 4.78 is 28.7. The van der Waals surface area contributed by atoms with E-state index in [0.29, 0.717) is 0 Å².